The molecule has 1 aromatic carbocycles. The predicted octanol–water partition coefficient (Wildman–Crippen LogP) is 3.45. The first-order valence-corrected chi connectivity index (χ1v) is 7.53. The number of halogens is 1. The van der Waals surface area contributed by atoms with Crippen LogP contribution >= 0.6 is 11.6 Å². The van der Waals surface area contributed by atoms with Crippen LogP contribution in [-0.2, 0) is 11.2 Å². The SMILES string of the molecule is Cc1ccc(CC(=O)NCC2CCCC(Cl)C2)cc1. The van der Waals surface area contributed by atoms with E-state index >= 15 is 0 Å². The zero-order valence-corrected chi connectivity index (χ0v) is 12.2. The highest BCUT2D eigenvalue weighted by molar-refractivity contribution is 6.20. The Morgan fingerprint density at radius 1 is 1.32 bits per heavy atom. The van der Waals surface area contributed by atoms with Gasteiger partial charge in [0.2, 0.25) is 5.91 Å². The summed E-state index contributed by atoms with van der Waals surface area (Å²) in [5.41, 5.74) is 2.29. The minimum absolute atomic E-state index is 0.112. The van der Waals surface area contributed by atoms with E-state index in [2.05, 4.69) is 12.2 Å². The maximum absolute atomic E-state index is 11.9. The van der Waals surface area contributed by atoms with E-state index in [1.54, 1.807) is 0 Å². The number of benzene rings is 1. The molecule has 3 heteroatoms. The number of carbonyl (C=O) groups excluding carboxylic acids is 1. The van der Waals surface area contributed by atoms with E-state index in [0.717, 1.165) is 24.9 Å². The third kappa shape index (κ3) is 4.87. The van der Waals surface area contributed by atoms with Crippen molar-refractivity contribution in [3.05, 3.63) is 35.4 Å². The van der Waals surface area contributed by atoms with Gasteiger partial charge in [-0.1, -0.05) is 36.2 Å². The number of alkyl halides is 1. The molecule has 2 nitrogen and oxygen atoms in total. The Hall–Kier alpha value is -1.02. The molecule has 1 aromatic rings. The number of amides is 1. The van der Waals surface area contributed by atoms with Crippen molar-refractivity contribution in [2.24, 2.45) is 5.92 Å². The Labute approximate surface area is 120 Å². The number of hydrogen-bond acceptors (Lipinski definition) is 1. The molecular formula is C16H22ClNO. The van der Waals surface area contributed by atoms with Gasteiger partial charge in [0.05, 0.1) is 6.42 Å². The number of carbonyl (C=O) groups is 1. The molecule has 104 valence electrons. The number of rotatable bonds is 4. The Bertz CT molecular complexity index is 415. The molecule has 2 atom stereocenters. The largest absolute Gasteiger partial charge is 0.356 e. The lowest BCUT2D eigenvalue weighted by atomic mass is 9.89. The zero-order chi connectivity index (χ0) is 13.7. The highest BCUT2D eigenvalue weighted by atomic mass is 35.5. The molecule has 0 radical (unpaired) electrons. The van der Waals surface area contributed by atoms with Crippen LogP contribution in [0.15, 0.2) is 24.3 Å². The van der Waals surface area contributed by atoms with Crippen LogP contribution in [0.3, 0.4) is 0 Å². The van der Waals surface area contributed by atoms with Crippen molar-refractivity contribution in [1.29, 1.82) is 0 Å². The Balaban J connectivity index is 1.73. The summed E-state index contributed by atoms with van der Waals surface area (Å²) in [7, 11) is 0. The zero-order valence-electron chi connectivity index (χ0n) is 11.5. The predicted molar refractivity (Wildman–Crippen MR) is 79.5 cm³/mol. The van der Waals surface area contributed by atoms with Crippen molar-refractivity contribution in [3.8, 4) is 0 Å². The fourth-order valence-electron chi connectivity index (χ4n) is 2.62. The van der Waals surface area contributed by atoms with E-state index in [1.807, 2.05) is 24.3 Å². The lowest BCUT2D eigenvalue weighted by Gasteiger charge is -2.25. The average Bonchev–Trinajstić information content (AvgIpc) is 2.39. The quantitative estimate of drug-likeness (QED) is 0.841. The molecule has 0 aliphatic heterocycles. The van der Waals surface area contributed by atoms with Crippen molar-refractivity contribution >= 4 is 17.5 Å². The van der Waals surface area contributed by atoms with Crippen molar-refractivity contribution in [2.75, 3.05) is 6.54 Å². The molecule has 1 saturated carbocycles. The summed E-state index contributed by atoms with van der Waals surface area (Å²) in [6, 6.07) is 8.12. The third-order valence-corrected chi connectivity index (χ3v) is 4.19. The average molecular weight is 280 g/mol. The number of hydrogen-bond donors (Lipinski definition) is 1. The van der Waals surface area contributed by atoms with Crippen LogP contribution < -0.4 is 5.32 Å². The Morgan fingerprint density at radius 2 is 2.05 bits per heavy atom. The Kier molecular flexibility index (Phi) is 5.26. The topological polar surface area (TPSA) is 29.1 Å². The first-order valence-electron chi connectivity index (χ1n) is 7.10. The number of aryl methyl sites for hydroxylation is 1. The minimum atomic E-state index is 0.112. The second-order valence-electron chi connectivity index (χ2n) is 5.60. The van der Waals surface area contributed by atoms with Gasteiger partial charge in [-0.2, -0.15) is 0 Å². The fraction of sp³-hybridized carbons (Fsp3) is 0.562. The summed E-state index contributed by atoms with van der Waals surface area (Å²) in [4.78, 5) is 11.9. The molecular weight excluding hydrogens is 258 g/mol. The molecule has 19 heavy (non-hydrogen) atoms. The lowest BCUT2D eigenvalue weighted by molar-refractivity contribution is -0.120. The first kappa shape index (κ1) is 14.4. The molecule has 0 saturated heterocycles. The Morgan fingerprint density at radius 3 is 2.74 bits per heavy atom. The second-order valence-corrected chi connectivity index (χ2v) is 6.21. The molecule has 1 fully saturated rings. The van der Waals surface area contributed by atoms with Gasteiger partial charge in [0.25, 0.3) is 0 Å². The summed E-state index contributed by atoms with van der Waals surface area (Å²) in [6.45, 7) is 2.82. The number of nitrogens with one attached hydrogen (secondary N) is 1. The smallest absolute Gasteiger partial charge is 0.224 e. The minimum Gasteiger partial charge on any atom is -0.356 e. The molecule has 1 amide bonds. The van der Waals surface area contributed by atoms with E-state index < -0.39 is 0 Å². The highest BCUT2D eigenvalue weighted by Gasteiger charge is 2.20. The maximum atomic E-state index is 11.9. The maximum Gasteiger partial charge on any atom is 0.224 e. The first-order chi connectivity index (χ1) is 9.13. The van der Waals surface area contributed by atoms with E-state index in [0.29, 0.717) is 17.7 Å². The molecule has 0 bridgehead atoms. The molecule has 1 N–H and O–H groups in total. The van der Waals surface area contributed by atoms with Gasteiger partial charge in [0.1, 0.15) is 0 Å². The summed E-state index contributed by atoms with van der Waals surface area (Å²) in [5, 5.41) is 3.34. The van der Waals surface area contributed by atoms with Gasteiger partial charge in [-0.05, 0) is 37.7 Å². The second kappa shape index (κ2) is 6.95. The summed E-state index contributed by atoms with van der Waals surface area (Å²) in [5.74, 6) is 0.666. The van der Waals surface area contributed by atoms with Gasteiger partial charge in [-0.25, -0.2) is 0 Å². The molecule has 1 aliphatic carbocycles. The van der Waals surface area contributed by atoms with Gasteiger partial charge >= 0.3 is 0 Å². The molecule has 1 aliphatic rings. The van der Waals surface area contributed by atoms with Crippen LogP contribution in [0.5, 0.6) is 0 Å². The molecule has 0 heterocycles. The van der Waals surface area contributed by atoms with Crippen molar-refractivity contribution in [3.63, 3.8) is 0 Å². The molecule has 0 aromatic heterocycles. The molecule has 2 unspecified atom stereocenters. The van der Waals surface area contributed by atoms with Gasteiger partial charge < -0.3 is 5.32 Å². The van der Waals surface area contributed by atoms with Gasteiger partial charge in [-0.15, -0.1) is 11.6 Å². The van der Waals surface area contributed by atoms with E-state index in [1.165, 1.54) is 18.4 Å². The van der Waals surface area contributed by atoms with E-state index in [9.17, 15) is 4.79 Å². The van der Waals surface area contributed by atoms with Crippen LogP contribution in [0.1, 0.15) is 36.8 Å². The summed E-state index contributed by atoms with van der Waals surface area (Å²) < 4.78 is 0. The van der Waals surface area contributed by atoms with Crippen molar-refractivity contribution < 1.29 is 4.79 Å². The lowest BCUT2D eigenvalue weighted by Crippen LogP contribution is -2.32. The van der Waals surface area contributed by atoms with Crippen LogP contribution in [0.4, 0.5) is 0 Å². The summed E-state index contributed by atoms with van der Waals surface area (Å²) >= 11 is 6.16. The molecule has 2 rings (SSSR count). The fourth-order valence-corrected chi connectivity index (χ4v) is 3.03. The standard InChI is InChI=1S/C16H22ClNO/c1-12-5-7-13(8-6-12)10-16(19)18-11-14-3-2-4-15(17)9-14/h5-8,14-15H,2-4,9-11H2,1H3,(H,18,19). The van der Waals surface area contributed by atoms with E-state index in [-0.39, 0.29) is 5.91 Å². The normalized spacial score (nSPS) is 23.1. The highest BCUT2D eigenvalue weighted by Crippen LogP contribution is 2.27. The van der Waals surface area contributed by atoms with Gasteiger partial charge in [-0.3, -0.25) is 4.79 Å². The van der Waals surface area contributed by atoms with Crippen molar-refractivity contribution in [1.82, 2.24) is 5.32 Å². The van der Waals surface area contributed by atoms with Crippen LogP contribution in [0.2, 0.25) is 0 Å². The van der Waals surface area contributed by atoms with Crippen LogP contribution in [-0.4, -0.2) is 17.8 Å². The summed E-state index contributed by atoms with van der Waals surface area (Å²) in [6.07, 6.45) is 5.00. The van der Waals surface area contributed by atoms with E-state index in [4.69, 9.17) is 11.6 Å². The third-order valence-electron chi connectivity index (χ3n) is 3.79. The van der Waals surface area contributed by atoms with Crippen LogP contribution in [0, 0.1) is 12.8 Å². The van der Waals surface area contributed by atoms with Crippen LogP contribution in [0.25, 0.3) is 0 Å². The molecule has 0 spiro atoms. The van der Waals surface area contributed by atoms with Gasteiger partial charge in [0.15, 0.2) is 0 Å². The van der Waals surface area contributed by atoms with Crippen molar-refractivity contribution in [2.45, 2.75) is 44.4 Å². The monoisotopic (exact) mass is 279 g/mol. The van der Waals surface area contributed by atoms with Gasteiger partial charge in [0, 0.05) is 11.9 Å².